The largest absolute Gasteiger partial charge is 0.480 e. The van der Waals surface area contributed by atoms with Gasteiger partial charge in [-0.2, -0.15) is 0 Å². The highest BCUT2D eigenvalue weighted by Crippen LogP contribution is 2.33. The zero-order valence-corrected chi connectivity index (χ0v) is 10.4. The summed E-state index contributed by atoms with van der Waals surface area (Å²) in [5, 5.41) is 15.1. The van der Waals surface area contributed by atoms with Crippen LogP contribution in [0.2, 0.25) is 0 Å². The predicted molar refractivity (Wildman–Crippen MR) is 65.8 cm³/mol. The van der Waals surface area contributed by atoms with E-state index in [9.17, 15) is 9.59 Å². The van der Waals surface area contributed by atoms with Gasteiger partial charge >= 0.3 is 5.97 Å². The SMILES string of the molecule is O=C(NC(C(=O)O)C1CC1)c1cc(-c2ccco2)on1. The number of amides is 1. The van der Waals surface area contributed by atoms with Crippen molar-refractivity contribution < 1.29 is 23.6 Å². The van der Waals surface area contributed by atoms with Crippen LogP contribution in [0.15, 0.2) is 33.4 Å². The van der Waals surface area contributed by atoms with Gasteiger partial charge in [-0.25, -0.2) is 4.79 Å². The van der Waals surface area contributed by atoms with Gasteiger partial charge in [-0.1, -0.05) is 5.16 Å². The van der Waals surface area contributed by atoms with Gasteiger partial charge in [-0.05, 0) is 30.9 Å². The number of aromatic nitrogens is 1. The summed E-state index contributed by atoms with van der Waals surface area (Å²) in [6, 6.07) is 3.91. The minimum atomic E-state index is -1.03. The molecular formula is C13H12N2O5. The molecule has 2 heterocycles. The Morgan fingerprint density at radius 2 is 2.20 bits per heavy atom. The molecular weight excluding hydrogens is 264 g/mol. The van der Waals surface area contributed by atoms with Crippen molar-refractivity contribution in [3.05, 3.63) is 30.2 Å². The number of carbonyl (C=O) groups is 2. The van der Waals surface area contributed by atoms with Gasteiger partial charge in [0.05, 0.1) is 6.26 Å². The van der Waals surface area contributed by atoms with Gasteiger partial charge in [-0.3, -0.25) is 4.79 Å². The van der Waals surface area contributed by atoms with Crippen LogP contribution in [0.5, 0.6) is 0 Å². The molecule has 7 heteroatoms. The summed E-state index contributed by atoms with van der Waals surface area (Å²) < 4.78 is 10.1. The number of rotatable bonds is 5. The van der Waals surface area contributed by atoms with Crippen LogP contribution >= 0.6 is 0 Å². The van der Waals surface area contributed by atoms with E-state index in [1.54, 1.807) is 12.1 Å². The van der Waals surface area contributed by atoms with E-state index in [0.29, 0.717) is 11.5 Å². The van der Waals surface area contributed by atoms with Crippen LogP contribution in [0.3, 0.4) is 0 Å². The van der Waals surface area contributed by atoms with Gasteiger partial charge in [0.25, 0.3) is 5.91 Å². The normalized spacial score (nSPS) is 15.8. The number of furan rings is 1. The standard InChI is InChI=1S/C13H12N2O5/c16-12(14-11(13(17)18)7-3-4-7)8-6-10(20-15-8)9-2-1-5-19-9/h1-2,5-7,11H,3-4H2,(H,14,16)(H,17,18). The quantitative estimate of drug-likeness (QED) is 0.857. The van der Waals surface area contributed by atoms with E-state index < -0.39 is 17.9 Å². The smallest absolute Gasteiger partial charge is 0.326 e. The van der Waals surface area contributed by atoms with Crippen LogP contribution in [-0.2, 0) is 4.79 Å². The second kappa shape index (κ2) is 4.84. The fourth-order valence-electron chi connectivity index (χ4n) is 1.94. The first-order chi connectivity index (χ1) is 9.65. The molecule has 1 saturated carbocycles. The summed E-state index contributed by atoms with van der Waals surface area (Å²) in [4.78, 5) is 23.0. The van der Waals surface area contributed by atoms with Crippen molar-refractivity contribution in [2.45, 2.75) is 18.9 Å². The zero-order chi connectivity index (χ0) is 14.1. The second-order valence-electron chi connectivity index (χ2n) is 4.68. The molecule has 1 aliphatic carbocycles. The molecule has 0 aliphatic heterocycles. The highest BCUT2D eigenvalue weighted by atomic mass is 16.5. The Morgan fingerprint density at radius 1 is 1.40 bits per heavy atom. The van der Waals surface area contributed by atoms with Crippen LogP contribution in [0.4, 0.5) is 0 Å². The van der Waals surface area contributed by atoms with Crippen molar-refractivity contribution in [2.24, 2.45) is 5.92 Å². The van der Waals surface area contributed by atoms with E-state index in [1.807, 2.05) is 0 Å². The van der Waals surface area contributed by atoms with Crippen molar-refractivity contribution in [3.63, 3.8) is 0 Å². The third-order valence-corrected chi connectivity index (χ3v) is 3.15. The fourth-order valence-corrected chi connectivity index (χ4v) is 1.94. The Morgan fingerprint density at radius 3 is 2.80 bits per heavy atom. The maximum absolute atomic E-state index is 11.9. The number of carbonyl (C=O) groups excluding carboxylic acids is 1. The summed E-state index contributed by atoms with van der Waals surface area (Å²) in [5.41, 5.74) is 0.0308. The van der Waals surface area contributed by atoms with Crippen LogP contribution in [0.25, 0.3) is 11.5 Å². The van der Waals surface area contributed by atoms with Gasteiger partial charge in [0, 0.05) is 6.07 Å². The van der Waals surface area contributed by atoms with Crippen molar-refractivity contribution in [3.8, 4) is 11.5 Å². The first kappa shape index (κ1) is 12.5. The highest BCUT2D eigenvalue weighted by Gasteiger charge is 2.37. The Bertz CT molecular complexity index is 627. The molecule has 1 unspecified atom stereocenters. The first-order valence-electron chi connectivity index (χ1n) is 6.19. The summed E-state index contributed by atoms with van der Waals surface area (Å²) in [7, 11) is 0. The fraction of sp³-hybridized carbons (Fsp3) is 0.308. The number of carboxylic acid groups (broad SMARTS) is 1. The molecule has 0 aromatic carbocycles. The van der Waals surface area contributed by atoms with Gasteiger partial charge in [0.1, 0.15) is 6.04 Å². The predicted octanol–water partition coefficient (Wildman–Crippen LogP) is 1.53. The highest BCUT2D eigenvalue weighted by molar-refractivity contribution is 5.95. The molecule has 0 radical (unpaired) electrons. The zero-order valence-electron chi connectivity index (χ0n) is 10.4. The van der Waals surface area contributed by atoms with Gasteiger partial charge in [0.15, 0.2) is 11.5 Å². The molecule has 1 aliphatic rings. The maximum Gasteiger partial charge on any atom is 0.326 e. The summed E-state index contributed by atoms with van der Waals surface area (Å²) in [5.74, 6) is -0.818. The Hall–Kier alpha value is -2.57. The molecule has 2 N–H and O–H groups in total. The van der Waals surface area contributed by atoms with Crippen LogP contribution in [0, 0.1) is 5.92 Å². The molecule has 1 atom stereocenters. The van der Waals surface area contributed by atoms with Gasteiger partial charge in [-0.15, -0.1) is 0 Å². The van der Waals surface area contributed by atoms with Crippen molar-refractivity contribution in [1.29, 1.82) is 0 Å². The number of carboxylic acids is 1. The van der Waals surface area contributed by atoms with Crippen LogP contribution in [0.1, 0.15) is 23.3 Å². The van der Waals surface area contributed by atoms with Crippen molar-refractivity contribution in [2.75, 3.05) is 0 Å². The second-order valence-corrected chi connectivity index (χ2v) is 4.68. The third kappa shape index (κ3) is 2.42. The van der Waals surface area contributed by atoms with Gasteiger partial charge < -0.3 is 19.4 Å². The molecule has 2 aromatic rings. The molecule has 7 nitrogen and oxygen atoms in total. The summed E-state index contributed by atoms with van der Waals surface area (Å²) >= 11 is 0. The number of nitrogens with zero attached hydrogens (tertiary/aromatic N) is 1. The number of aliphatic carboxylic acids is 1. The molecule has 1 amide bonds. The number of nitrogens with one attached hydrogen (secondary N) is 1. The monoisotopic (exact) mass is 276 g/mol. The lowest BCUT2D eigenvalue weighted by Crippen LogP contribution is -2.42. The minimum absolute atomic E-state index is 0.00731. The maximum atomic E-state index is 11.9. The van der Waals surface area contributed by atoms with E-state index in [4.69, 9.17) is 14.0 Å². The molecule has 0 saturated heterocycles. The molecule has 2 aromatic heterocycles. The Kier molecular flexibility index (Phi) is 3.02. The van der Waals surface area contributed by atoms with E-state index in [2.05, 4.69) is 10.5 Å². The molecule has 20 heavy (non-hydrogen) atoms. The third-order valence-electron chi connectivity index (χ3n) is 3.15. The summed E-state index contributed by atoms with van der Waals surface area (Å²) in [6.45, 7) is 0. The van der Waals surface area contributed by atoms with E-state index >= 15 is 0 Å². The molecule has 104 valence electrons. The van der Waals surface area contributed by atoms with E-state index in [-0.39, 0.29) is 11.6 Å². The van der Waals surface area contributed by atoms with E-state index in [0.717, 1.165) is 12.8 Å². The molecule has 0 spiro atoms. The number of hydrogen-bond acceptors (Lipinski definition) is 5. The lowest BCUT2D eigenvalue weighted by atomic mass is 10.2. The van der Waals surface area contributed by atoms with Gasteiger partial charge in [0.2, 0.25) is 5.76 Å². The molecule has 0 bridgehead atoms. The minimum Gasteiger partial charge on any atom is -0.480 e. The average molecular weight is 276 g/mol. The van der Waals surface area contributed by atoms with Crippen LogP contribution < -0.4 is 5.32 Å². The topological polar surface area (TPSA) is 106 Å². The van der Waals surface area contributed by atoms with Crippen molar-refractivity contribution >= 4 is 11.9 Å². The lowest BCUT2D eigenvalue weighted by molar-refractivity contribution is -0.139. The summed E-state index contributed by atoms with van der Waals surface area (Å²) in [6.07, 6.45) is 3.10. The lowest BCUT2D eigenvalue weighted by Gasteiger charge is -2.11. The Balaban J connectivity index is 1.72. The average Bonchev–Trinajstić information content (AvgIpc) is 2.94. The van der Waals surface area contributed by atoms with E-state index in [1.165, 1.54) is 12.3 Å². The molecule has 1 fully saturated rings. The van der Waals surface area contributed by atoms with Crippen LogP contribution in [-0.4, -0.2) is 28.2 Å². The number of hydrogen-bond donors (Lipinski definition) is 2. The molecule has 3 rings (SSSR count). The first-order valence-corrected chi connectivity index (χ1v) is 6.19. The Labute approximate surface area is 113 Å². The van der Waals surface area contributed by atoms with Crippen molar-refractivity contribution in [1.82, 2.24) is 10.5 Å².